The number of hydrogen-bond acceptors (Lipinski definition) is 3. The quantitative estimate of drug-likeness (QED) is 0.642. The number of nitrogens with zero attached hydrogens (tertiary/aromatic N) is 1. The van der Waals surface area contributed by atoms with E-state index in [-0.39, 0.29) is 5.91 Å². The minimum Gasteiger partial charge on any atom is -0.392 e. The van der Waals surface area contributed by atoms with E-state index in [4.69, 9.17) is 18.0 Å². The van der Waals surface area contributed by atoms with E-state index >= 15 is 0 Å². The average molecular weight is 314 g/mol. The molecule has 0 radical (unpaired) electrons. The fourth-order valence-electron chi connectivity index (χ4n) is 3.24. The number of thiocarbonyl (C=S) groups is 1. The second-order valence-electron chi connectivity index (χ2n) is 6.10. The van der Waals surface area contributed by atoms with E-state index in [1.165, 1.54) is 19.3 Å². The zero-order valence-corrected chi connectivity index (χ0v) is 14.4. The summed E-state index contributed by atoms with van der Waals surface area (Å²) in [6.45, 7) is 8.07. The first-order valence-corrected chi connectivity index (χ1v) is 8.78. The molecule has 0 saturated carbocycles. The van der Waals surface area contributed by atoms with E-state index in [9.17, 15) is 4.79 Å². The maximum absolute atomic E-state index is 12.6. The third kappa shape index (κ3) is 5.22. The number of amides is 1. The number of nitrogens with two attached hydrogens (primary N) is 1. The van der Waals surface area contributed by atoms with Crippen molar-refractivity contribution in [3.8, 4) is 0 Å². The number of carbonyl (C=O) groups is 1. The number of piperidine rings is 1. The summed E-state index contributed by atoms with van der Waals surface area (Å²) >= 11 is 5.22. The molecule has 0 aromatic rings. The summed E-state index contributed by atoms with van der Waals surface area (Å²) < 4.78 is 0. The Labute approximate surface area is 134 Å². The van der Waals surface area contributed by atoms with Crippen molar-refractivity contribution in [1.82, 2.24) is 10.2 Å². The van der Waals surface area contributed by atoms with Gasteiger partial charge in [-0.15, -0.1) is 0 Å². The fourth-order valence-corrected chi connectivity index (χ4v) is 3.54. The molecule has 0 spiro atoms. The molecule has 1 fully saturated rings. The SMILES string of the molecule is CCCC(CCC)(C(=O)NCCN1CCCCC1)C(N)=S. The number of nitrogens with one attached hydrogen (secondary N) is 1. The molecule has 1 heterocycles. The van der Waals surface area contributed by atoms with E-state index in [0.717, 1.165) is 45.3 Å². The highest BCUT2D eigenvalue weighted by Gasteiger charge is 2.39. The van der Waals surface area contributed by atoms with Gasteiger partial charge >= 0.3 is 0 Å². The average Bonchev–Trinajstić information content (AvgIpc) is 2.47. The summed E-state index contributed by atoms with van der Waals surface area (Å²) in [4.78, 5) is 15.4. The summed E-state index contributed by atoms with van der Waals surface area (Å²) in [5.41, 5.74) is 5.27. The van der Waals surface area contributed by atoms with Gasteiger partial charge in [-0.3, -0.25) is 4.79 Å². The van der Waals surface area contributed by atoms with E-state index in [1.807, 2.05) is 0 Å². The van der Waals surface area contributed by atoms with Gasteiger partial charge in [0.05, 0.1) is 10.4 Å². The van der Waals surface area contributed by atoms with Crippen LogP contribution in [-0.2, 0) is 4.79 Å². The molecule has 4 nitrogen and oxygen atoms in total. The summed E-state index contributed by atoms with van der Waals surface area (Å²) in [6.07, 6.45) is 7.19. The number of likely N-dealkylation sites (tertiary alicyclic amines) is 1. The minimum absolute atomic E-state index is 0.0238. The van der Waals surface area contributed by atoms with Crippen molar-refractivity contribution in [3.05, 3.63) is 0 Å². The van der Waals surface area contributed by atoms with Crippen LogP contribution in [0.25, 0.3) is 0 Å². The Morgan fingerprint density at radius 2 is 1.76 bits per heavy atom. The third-order valence-corrected chi connectivity index (χ3v) is 4.81. The summed E-state index contributed by atoms with van der Waals surface area (Å²) in [5.74, 6) is 0.0238. The van der Waals surface area contributed by atoms with Crippen molar-refractivity contribution in [1.29, 1.82) is 0 Å². The number of rotatable bonds is 9. The second kappa shape index (κ2) is 9.36. The van der Waals surface area contributed by atoms with Crippen molar-refractivity contribution in [3.63, 3.8) is 0 Å². The van der Waals surface area contributed by atoms with Crippen LogP contribution in [0.15, 0.2) is 0 Å². The van der Waals surface area contributed by atoms with Crippen LogP contribution in [0.2, 0.25) is 0 Å². The van der Waals surface area contributed by atoms with E-state index in [1.54, 1.807) is 0 Å². The second-order valence-corrected chi connectivity index (χ2v) is 6.54. The summed E-state index contributed by atoms with van der Waals surface area (Å²) in [5, 5.41) is 3.07. The molecule has 21 heavy (non-hydrogen) atoms. The van der Waals surface area contributed by atoms with Crippen LogP contribution in [0.4, 0.5) is 0 Å². The maximum Gasteiger partial charge on any atom is 0.233 e. The van der Waals surface area contributed by atoms with E-state index in [2.05, 4.69) is 24.1 Å². The molecule has 0 bridgehead atoms. The van der Waals surface area contributed by atoms with Crippen molar-refractivity contribution >= 4 is 23.1 Å². The van der Waals surface area contributed by atoms with Gasteiger partial charge in [0.25, 0.3) is 0 Å². The first kappa shape index (κ1) is 18.4. The molecule has 0 aliphatic carbocycles. The zero-order chi connectivity index (χ0) is 15.7. The number of carbonyl (C=O) groups excluding carboxylic acids is 1. The van der Waals surface area contributed by atoms with Gasteiger partial charge in [0.15, 0.2) is 0 Å². The molecule has 0 aromatic heterocycles. The van der Waals surface area contributed by atoms with Gasteiger partial charge in [0, 0.05) is 13.1 Å². The van der Waals surface area contributed by atoms with Gasteiger partial charge in [-0.25, -0.2) is 0 Å². The van der Waals surface area contributed by atoms with Crippen LogP contribution in [0.1, 0.15) is 58.8 Å². The Balaban J connectivity index is 2.52. The van der Waals surface area contributed by atoms with Gasteiger partial charge < -0.3 is 16.0 Å². The van der Waals surface area contributed by atoms with Crippen LogP contribution >= 0.6 is 12.2 Å². The van der Waals surface area contributed by atoms with Gasteiger partial charge in [-0.2, -0.15) is 0 Å². The van der Waals surface area contributed by atoms with Gasteiger partial charge in [0.2, 0.25) is 5.91 Å². The van der Waals surface area contributed by atoms with Crippen molar-refractivity contribution < 1.29 is 4.79 Å². The fraction of sp³-hybridized carbons (Fsp3) is 0.875. The molecular weight excluding hydrogens is 282 g/mol. The Morgan fingerprint density at radius 3 is 2.24 bits per heavy atom. The molecule has 0 aromatic carbocycles. The Morgan fingerprint density at radius 1 is 1.19 bits per heavy atom. The molecule has 3 N–H and O–H groups in total. The standard InChI is InChI=1S/C16H31N3OS/c1-3-8-16(9-4-2,14(17)21)15(20)18-10-13-19-11-6-5-7-12-19/h3-13H2,1-2H3,(H2,17,21)(H,18,20). The van der Waals surface area contributed by atoms with Gasteiger partial charge in [0.1, 0.15) is 0 Å². The molecule has 122 valence electrons. The monoisotopic (exact) mass is 313 g/mol. The number of hydrogen-bond donors (Lipinski definition) is 2. The van der Waals surface area contributed by atoms with Crippen LogP contribution in [0, 0.1) is 5.41 Å². The Hall–Kier alpha value is -0.680. The zero-order valence-electron chi connectivity index (χ0n) is 13.6. The van der Waals surface area contributed by atoms with Gasteiger partial charge in [-0.05, 0) is 38.8 Å². The van der Waals surface area contributed by atoms with Crippen molar-refractivity contribution in [2.75, 3.05) is 26.2 Å². The first-order valence-electron chi connectivity index (χ1n) is 8.37. The van der Waals surface area contributed by atoms with Crippen LogP contribution < -0.4 is 11.1 Å². The third-order valence-electron chi connectivity index (χ3n) is 4.42. The minimum atomic E-state index is -0.652. The molecule has 0 atom stereocenters. The van der Waals surface area contributed by atoms with Crippen molar-refractivity contribution in [2.45, 2.75) is 58.8 Å². The predicted octanol–water partition coefficient (Wildman–Crippen LogP) is 2.46. The summed E-state index contributed by atoms with van der Waals surface area (Å²) in [7, 11) is 0. The molecule has 0 unspecified atom stereocenters. The lowest BCUT2D eigenvalue weighted by molar-refractivity contribution is -0.128. The highest BCUT2D eigenvalue weighted by molar-refractivity contribution is 7.80. The highest BCUT2D eigenvalue weighted by Crippen LogP contribution is 2.30. The van der Waals surface area contributed by atoms with Crippen LogP contribution in [0.3, 0.4) is 0 Å². The first-order chi connectivity index (χ1) is 10.1. The molecule has 5 heteroatoms. The molecular formula is C16H31N3OS. The van der Waals surface area contributed by atoms with Crippen molar-refractivity contribution in [2.24, 2.45) is 11.1 Å². The lowest BCUT2D eigenvalue weighted by Gasteiger charge is -2.32. The normalized spacial score (nSPS) is 16.7. The molecule has 1 amide bonds. The lowest BCUT2D eigenvalue weighted by Crippen LogP contribution is -2.50. The van der Waals surface area contributed by atoms with E-state index in [0.29, 0.717) is 11.5 Å². The predicted molar refractivity (Wildman–Crippen MR) is 92.3 cm³/mol. The molecule has 1 rings (SSSR count). The van der Waals surface area contributed by atoms with E-state index < -0.39 is 5.41 Å². The Kier molecular flexibility index (Phi) is 8.19. The topological polar surface area (TPSA) is 58.4 Å². The van der Waals surface area contributed by atoms with Crippen LogP contribution in [-0.4, -0.2) is 42.0 Å². The summed E-state index contributed by atoms with van der Waals surface area (Å²) in [6, 6.07) is 0. The smallest absolute Gasteiger partial charge is 0.233 e. The Bertz CT molecular complexity index is 334. The largest absolute Gasteiger partial charge is 0.392 e. The molecule has 1 aliphatic rings. The lowest BCUT2D eigenvalue weighted by atomic mass is 9.78. The molecule has 1 saturated heterocycles. The maximum atomic E-state index is 12.6. The highest BCUT2D eigenvalue weighted by atomic mass is 32.1. The molecule has 1 aliphatic heterocycles. The van der Waals surface area contributed by atoms with Crippen LogP contribution in [0.5, 0.6) is 0 Å². The van der Waals surface area contributed by atoms with Gasteiger partial charge in [-0.1, -0.05) is 45.3 Å².